The number of nitrogens with one attached hydrogen (secondary N) is 2. The zero-order valence-corrected chi connectivity index (χ0v) is 17.3. The van der Waals surface area contributed by atoms with E-state index in [9.17, 15) is 4.39 Å². The van der Waals surface area contributed by atoms with E-state index in [2.05, 4.69) is 20.8 Å². The molecule has 2 aromatic carbocycles. The lowest BCUT2D eigenvalue weighted by molar-refractivity contribution is 0.422. The Morgan fingerprint density at radius 2 is 1.81 bits per heavy atom. The normalized spacial score (nSPS) is 11.0. The highest BCUT2D eigenvalue weighted by molar-refractivity contribution is 14.0. The van der Waals surface area contributed by atoms with Crippen LogP contribution in [0, 0.1) is 5.82 Å². The van der Waals surface area contributed by atoms with Crippen molar-refractivity contribution in [2.75, 3.05) is 13.6 Å². The molecule has 0 aliphatic carbocycles. The van der Waals surface area contributed by atoms with Crippen LogP contribution in [0.5, 0.6) is 0 Å². The van der Waals surface area contributed by atoms with Crippen LogP contribution in [-0.4, -0.2) is 24.7 Å². The molecule has 7 heteroatoms. The lowest BCUT2D eigenvalue weighted by Gasteiger charge is -2.10. The summed E-state index contributed by atoms with van der Waals surface area (Å²) in [5.41, 5.74) is 2.86. The number of rotatable bonds is 6. The van der Waals surface area contributed by atoms with Gasteiger partial charge in [0.1, 0.15) is 11.5 Å². The van der Waals surface area contributed by atoms with E-state index in [1.165, 1.54) is 12.1 Å². The maximum atomic E-state index is 12.9. The summed E-state index contributed by atoms with van der Waals surface area (Å²) >= 11 is 0. The summed E-state index contributed by atoms with van der Waals surface area (Å²) in [7, 11) is 1.71. The molecule has 142 valence electrons. The second-order valence-corrected chi connectivity index (χ2v) is 5.78. The van der Waals surface area contributed by atoms with E-state index >= 15 is 0 Å². The van der Waals surface area contributed by atoms with Gasteiger partial charge in [-0.1, -0.05) is 47.6 Å². The molecule has 0 bridgehead atoms. The minimum Gasteiger partial charge on any atom is -0.356 e. The van der Waals surface area contributed by atoms with Gasteiger partial charge >= 0.3 is 0 Å². The smallest absolute Gasteiger partial charge is 0.191 e. The molecule has 0 radical (unpaired) electrons. The van der Waals surface area contributed by atoms with Gasteiger partial charge in [0.2, 0.25) is 0 Å². The third-order valence-corrected chi connectivity index (χ3v) is 3.90. The molecule has 0 amide bonds. The first-order valence-corrected chi connectivity index (χ1v) is 8.44. The van der Waals surface area contributed by atoms with Crippen LogP contribution in [0.1, 0.15) is 11.3 Å². The molecule has 3 aromatic rings. The molecule has 1 aromatic heterocycles. The molecule has 0 atom stereocenters. The van der Waals surface area contributed by atoms with Crippen LogP contribution in [0.15, 0.2) is 70.2 Å². The van der Waals surface area contributed by atoms with Gasteiger partial charge in [-0.25, -0.2) is 4.39 Å². The molecule has 0 unspecified atom stereocenters. The third-order valence-electron chi connectivity index (χ3n) is 3.90. The summed E-state index contributed by atoms with van der Waals surface area (Å²) in [6.45, 7) is 1.20. The Hall–Kier alpha value is -2.42. The van der Waals surface area contributed by atoms with E-state index in [4.69, 9.17) is 4.52 Å². The van der Waals surface area contributed by atoms with Crippen molar-refractivity contribution in [2.45, 2.75) is 13.0 Å². The molecule has 0 aliphatic rings. The van der Waals surface area contributed by atoms with Crippen molar-refractivity contribution in [3.8, 4) is 11.3 Å². The van der Waals surface area contributed by atoms with Crippen molar-refractivity contribution in [3.63, 3.8) is 0 Å². The minimum absolute atomic E-state index is 0. The topological polar surface area (TPSA) is 62.5 Å². The van der Waals surface area contributed by atoms with Crippen LogP contribution < -0.4 is 10.6 Å². The monoisotopic (exact) mass is 480 g/mol. The van der Waals surface area contributed by atoms with Gasteiger partial charge in [-0.15, -0.1) is 24.0 Å². The first kappa shape index (κ1) is 20.9. The predicted molar refractivity (Wildman–Crippen MR) is 116 cm³/mol. The highest BCUT2D eigenvalue weighted by Crippen LogP contribution is 2.19. The average Bonchev–Trinajstić information content (AvgIpc) is 3.16. The molecule has 2 N–H and O–H groups in total. The Balaban J connectivity index is 0.00000261. The highest BCUT2D eigenvalue weighted by Gasteiger charge is 2.07. The fourth-order valence-corrected chi connectivity index (χ4v) is 2.50. The average molecular weight is 480 g/mol. The van der Waals surface area contributed by atoms with Gasteiger partial charge in [0.25, 0.3) is 0 Å². The number of halogens is 2. The highest BCUT2D eigenvalue weighted by atomic mass is 127. The van der Waals surface area contributed by atoms with Crippen LogP contribution in [0.4, 0.5) is 4.39 Å². The number of aliphatic imine (C=N–C) groups is 1. The zero-order valence-electron chi connectivity index (χ0n) is 15.0. The predicted octanol–water partition coefficient (Wildman–Crippen LogP) is 4.01. The van der Waals surface area contributed by atoms with E-state index in [0.29, 0.717) is 19.0 Å². The minimum atomic E-state index is -0.221. The molecular formula is C20H22FIN4O. The standard InChI is InChI=1S/C20H21FN4O.HI/c1-22-20(23-12-11-15-7-9-17(21)10-8-15)24-14-18-13-19(26-25-18)16-5-3-2-4-6-16;/h2-10,13H,11-12,14H2,1H3,(H2,22,23,24);1H. The molecule has 0 aliphatic heterocycles. The summed E-state index contributed by atoms with van der Waals surface area (Å²) in [4.78, 5) is 4.19. The van der Waals surface area contributed by atoms with Crippen LogP contribution in [0.3, 0.4) is 0 Å². The maximum Gasteiger partial charge on any atom is 0.191 e. The van der Waals surface area contributed by atoms with Crippen molar-refractivity contribution >= 4 is 29.9 Å². The van der Waals surface area contributed by atoms with Crippen LogP contribution in [0.25, 0.3) is 11.3 Å². The Morgan fingerprint density at radius 1 is 1.07 bits per heavy atom. The number of benzene rings is 2. The maximum absolute atomic E-state index is 12.9. The molecule has 1 heterocycles. The van der Waals surface area contributed by atoms with Crippen molar-refractivity contribution in [2.24, 2.45) is 4.99 Å². The van der Waals surface area contributed by atoms with Gasteiger partial charge in [0.15, 0.2) is 11.7 Å². The Labute approximate surface area is 175 Å². The molecule has 3 rings (SSSR count). The first-order valence-electron chi connectivity index (χ1n) is 8.44. The molecular weight excluding hydrogens is 458 g/mol. The van der Waals surface area contributed by atoms with E-state index in [1.54, 1.807) is 19.2 Å². The first-order chi connectivity index (χ1) is 12.7. The molecule has 27 heavy (non-hydrogen) atoms. The summed E-state index contributed by atoms with van der Waals surface area (Å²) in [6.07, 6.45) is 0.781. The van der Waals surface area contributed by atoms with Gasteiger partial charge in [0, 0.05) is 25.2 Å². The van der Waals surface area contributed by atoms with Gasteiger partial charge < -0.3 is 15.2 Å². The van der Waals surface area contributed by atoms with Gasteiger partial charge in [-0.05, 0) is 24.1 Å². The SMILES string of the molecule is CN=C(NCCc1ccc(F)cc1)NCc1cc(-c2ccccc2)on1.I. The van der Waals surface area contributed by atoms with E-state index in [-0.39, 0.29) is 29.8 Å². The molecule has 0 fully saturated rings. The van der Waals surface area contributed by atoms with Gasteiger partial charge in [0.05, 0.1) is 6.54 Å². The van der Waals surface area contributed by atoms with Crippen molar-refractivity contribution in [3.05, 3.63) is 77.7 Å². The Bertz CT molecular complexity index is 850. The van der Waals surface area contributed by atoms with Crippen LogP contribution >= 0.6 is 24.0 Å². The van der Waals surface area contributed by atoms with E-state index < -0.39 is 0 Å². The molecule has 0 spiro atoms. The number of hydrogen-bond donors (Lipinski definition) is 2. The second-order valence-electron chi connectivity index (χ2n) is 5.78. The number of nitrogens with zero attached hydrogens (tertiary/aromatic N) is 2. The largest absolute Gasteiger partial charge is 0.356 e. The fourth-order valence-electron chi connectivity index (χ4n) is 2.50. The van der Waals surface area contributed by atoms with Gasteiger partial charge in [-0.3, -0.25) is 4.99 Å². The number of hydrogen-bond acceptors (Lipinski definition) is 3. The van der Waals surface area contributed by atoms with Crippen LogP contribution in [0.2, 0.25) is 0 Å². The second kappa shape index (κ2) is 10.7. The number of guanidine groups is 1. The summed E-state index contributed by atoms with van der Waals surface area (Å²) in [5, 5.41) is 10.5. The van der Waals surface area contributed by atoms with E-state index in [0.717, 1.165) is 29.0 Å². The third kappa shape index (κ3) is 6.35. The van der Waals surface area contributed by atoms with Gasteiger partial charge in [-0.2, -0.15) is 0 Å². The summed E-state index contributed by atoms with van der Waals surface area (Å²) in [5.74, 6) is 1.19. The lowest BCUT2D eigenvalue weighted by atomic mass is 10.1. The van der Waals surface area contributed by atoms with Crippen LogP contribution in [-0.2, 0) is 13.0 Å². The Morgan fingerprint density at radius 3 is 2.52 bits per heavy atom. The van der Waals surface area contributed by atoms with Crippen molar-refractivity contribution < 1.29 is 8.91 Å². The molecule has 0 saturated carbocycles. The quantitative estimate of drug-likeness (QED) is 0.318. The summed E-state index contributed by atoms with van der Waals surface area (Å²) in [6, 6.07) is 18.3. The zero-order chi connectivity index (χ0) is 18.2. The van der Waals surface area contributed by atoms with Crippen molar-refractivity contribution in [1.82, 2.24) is 15.8 Å². The Kier molecular flexibility index (Phi) is 8.25. The fraction of sp³-hybridized carbons (Fsp3) is 0.200. The summed E-state index contributed by atoms with van der Waals surface area (Å²) < 4.78 is 18.3. The molecule has 0 saturated heterocycles. The molecule has 5 nitrogen and oxygen atoms in total. The lowest BCUT2D eigenvalue weighted by Crippen LogP contribution is -2.37. The van der Waals surface area contributed by atoms with Crippen molar-refractivity contribution in [1.29, 1.82) is 0 Å². The van der Waals surface area contributed by atoms with E-state index in [1.807, 2.05) is 36.4 Å². The number of aromatic nitrogens is 1.